The molecular weight excluding hydrogens is 384 g/mol. The molecule has 0 spiro atoms. The number of carbonyl (C=O) groups is 1. The second-order valence-corrected chi connectivity index (χ2v) is 7.99. The summed E-state index contributed by atoms with van der Waals surface area (Å²) >= 11 is 6.33. The Labute approximate surface area is 144 Å². The average Bonchev–Trinajstić information content (AvgIpc) is 3.13. The number of rotatable bonds is 5. The monoisotopic (exact) mass is 396 g/mol. The molecule has 0 atom stereocenters. The second-order valence-electron chi connectivity index (χ2n) is 4.52. The van der Waals surface area contributed by atoms with Crippen LogP contribution in [0.3, 0.4) is 0 Å². The molecule has 2 heterocycles. The summed E-state index contributed by atoms with van der Waals surface area (Å²) in [5.74, 6) is -0.0493. The normalized spacial score (nSPS) is 11.0. The van der Waals surface area contributed by atoms with Gasteiger partial charge in [0.2, 0.25) is 0 Å². The number of nitrogens with zero attached hydrogens (tertiary/aromatic N) is 2. The van der Waals surface area contributed by atoms with Gasteiger partial charge in [0.05, 0.1) is 32.0 Å². The number of hydrogen-bond donors (Lipinski definition) is 0. The Bertz CT molecular complexity index is 767. The summed E-state index contributed by atoms with van der Waals surface area (Å²) in [5, 5.41) is 0.702. The molecule has 0 unspecified atom stereocenters. The lowest BCUT2D eigenvalue weighted by atomic mass is 10.3. The molecule has 1 aromatic carbocycles. The van der Waals surface area contributed by atoms with E-state index in [0.29, 0.717) is 23.2 Å². The molecule has 0 saturated carbocycles. The predicted octanol–water partition coefficient (Wildman–Crippen LogP) is 4.41. The van der Waals surface area contributed by atoms with Crippen molar-refractivity contribution < 1.29 is 9.53 Å². The minimum atomic E-state index is -0.0493. The first kappa shape index (κ1) is 15.6. The van der Waals surface area contributed by atoms with Crippen LogP contribution >= 0.6 is 38.6 Å². The Morgan fingerprint density at radius 2 is 2.09 bits per heavy atom. The van der Waals surface area contributed by atoms with Crippen LogP contribution in [0, 0.1) is 0 Å². The summed E-state index contributed by atoms with van der Waals surface area (Å²) in [5.41, 5.74) is 0.907. The molecule has 22 heavy (non-hydrogen) atoms. The number of amides is 1. The first-order chi connectivity index (χ1) is 10.7. The molecule has 0 saturated heterocycles. The third-order valence-electron chi connectivity index (χ3n) is 3.06. The van der Waals surface area contributed by atoms with Crippen LogP contribution in [-0.4, -0.2) is 31.2 Å². The molecule has 2 aromatic heterocycles. The van der Waals surface area contributed by atoms with Gasteiger partial charge in [-0.15, -0.1) is 11.3 Å². The zero-order chi connectivity index (χ0) is 15.5. The highest BCUT2D eigenvalue weighted by molar-refractivity contribution is 9.11. The number of halogens is 1. The number of thiophene rings is 1. The molecule has 3 rings (SSSR count). The number of aromatic nitrogens is 1. The van der Waals surface area contributed by atoms with Gasteiger partial charge in [-0.05, 0) is 40.2 Å². The number of benzene rings is 1. The molecule has 4 nitrogen and oxygen atoms in total. The van der Waals surface area contributed by atoms with Crippen molar-refractivity contribution in [1.29, 1.82) is 0 Å². The number of thiazole rings is 1. The lowest BCUT2D eigenvalue weighted by molar-refractivity contribution is 0.0980. The van der Waals surface area contributed by atoms with E-state index in [-0.39, 0.29) is 5.91 Å². The molecule has 0 radical (unpaired) electrons. The fourth-order valence-corrected chi connectivity index (χ4v) is 4.33. The summed E-state index contributed by atoms with van der Waals surface area (Å²) in [6.45, 7) is 0.943. The first-order valence-electron chi connectivity index (χ1n) is 6.61. The van der Waals surface area contributed by atoms with Crippen molar-refractivity contribution in [2.75, 3.05) is 25.2 Å². The summed E-state index contributed by atoms with van der Waals surface area (Å²) in [4.78, 5) is 19.7. The maximum atomic E-state index is 12.8. The molecule has 3 aromatic rings. The van der Waals surface area contributed by atoms with Gasteiger partial charge in [-0.2, -0.15) is 0 Å². The Balaban J connectivity index is 1.96. The number of para-hydroxylation sites is 1. The maximum Gasteiger partial charge on any atom is 0.270 e. The Kier molecular flexibility index (Phi) is 4.87. The predicted molar refractivity (Wildman–Crippen MR) is 95.2 cm³/mol. The van der Waals surface area contributed by atoms with Gasteiger partial charge in [-0.3, -0.25) is 9.69 Å². The van der Waals surface area contributed by atoms with Crippen molar-refractivity contribution >= 4 is 59.9 Å². The maximum absolute atomic E-state index is 12.8. The largest absolute Gasteiger partial charge is 0.383 e. The van der Waals surface area contributed by atoms with Gasteiger partial charge in [0.15, 0.2) is 5.13 Å². The number of hydrogen-bond acceptors (Lipinski definition) is 5. The fourth-order valence-electron chi connectivity index (χ4n) is 2.00. The summed E-state index contributed by atoms with van der Waals surface area (Å²) in [7, 11) is 1.63. The van der Waals surface area contributed by atoms with E-state index < -0.39 is 0 Å². The fraction of sp³-hybridized carbons (Fsp3) is 0.200. The number of methoxy groups -OCH3 is 1. The Morgan fingerprint density at radius 3 is 2.77 bits per heavy atom. The second kappa shape index (κ2) is 6.87. The van der Waals surface area contributed by atoms with Crippen molar-refractivity contribution in [1.82, 2.24) is 4.98 Å². The zero-order valence-electron chi connectivity index (χ0n) is 11.8. The molecular formula is C15H13BrN2O2S2. The van der Waals surface area contributed by atoms with Crippen LogP contribution in [0.15, 0.2) is 40.2 Å². The van der Waals surface area contributed by atoms with Crippen molar-refractivity contribution in [3.63, 3.8) is 0 Å². The molecule has 0 aliphatic carbocycles. The van der Waals surface area contributed by atoms with Crippen LogP contribution in [0.2, 0.25) is 0 Å². The van der Waals surface area contributed by atoms with Gasteiger partial charge in [-0.25, -0.2) is 4.98 Å². The minimum Gasteiger partial charge on any atom is -0.383 e. The lowest BCUT2D eigenvalue weighted by Gasteiger charge is -2.18. The molecule has 0 aliphatic rings. The van der Waals surface area contributed by atoms with E-state index in [4.69, 9.17) is 4.74 Å². The number of carbonyl (C=O) groups excluding carboxylic acids is 1. The van der Waals surface area contributed by atoms with E-state index in [2.05, 4.69) is 20.9 Å². The van der Waals surface area contributed by atoms with Crippen LogP contribution in [0.25, 0.3) is 10.2 Å². The van der Waals surface area contributed by atoms with E-state index >= 15 is 0 Å². The van der Waals surface area contributed by atoms with Gasteiger partial charge in [-0.1, -0.05) is 23.5 Å². The van der Waals surface area contributed by atoms with Crippen LogP contribution in [0.1, 0.15) is 9.67 Å². The quantitative estimate of drug-likeness (QED) is 0.641. The summed E-state index contributed by atoms with van der Waals surface area (Å²) in [6.07, 6.45) is 0. The molecule has 114 valence electrons. The SMILES string of the molecule is COCCN(C(=O)c1ccc(Br)s1)c1nc2ccccc2s1. The number of fused-ring (bicyclic) bond motifs is 1. The third kappa shape index (κ3) is 3.22. The van der Waals surface area contributed by atoms with E-state index in [1.165, 1.54) is 22.7 Å². The topological polar surface area (TPSA) is 42.4 Å². The molecule has 0 fully saturated rings. The minimum absolute atomic E-state index is 0.0493. The highest BCUT2D eigenvalue weighted by Gasteiger charge is 2.22. The van der Waals surface area contributed by atoms with Crippen LogP contribution in [0.4, 0.5) is 5.13 Å². The van der Waals surface area contributed by atoms with Crippen molar-refractivity contribution in [2.45, 2.75) is 0 Å². The van der Waals surface area contributed by atoms with E-state index in [1.54, 1.807) is 12.0 Å². The lowest BCUT2D eigenvalue weighted by Crippen LogP contribution is -2.33. The average molecular weight is 397 g/mol. The zero-order valence-corrected chi connectivity index (χ0v) is 15.0. The Morgan fingerprint density at radius 1 is 1.27 bits per heavy atom. The van der Waals surface area contributed by atoms with Crippen molar-refractivity contribution in [3.05, 3.63) is 45.1 Å². The number of anilines is 1. The molecule has 0 bridgehead atoms. The molecule has 7 heteroatoms. The molecule has 0 aliphatic heterocycles. The van der Waals surface area contributed by atoms with E-state index in [9.17, 15) is 4.79 Å². The molecule has 0 N–H and O–H groups in total. The van der Waals surface area contributed by atoms with Crippen LogP contribution < -0.4 is 4.90 Å². The van der Waals surface area contributed by atoms with Gasteiger partial charge in [0.25, 0.3) is 5.91 Å². The van der Waals surface area contributed by atoms with Gasteiger partial charge < -0.3 is 4.74 Å². The van der Waals surface area contributed by atoms with Gasteiger partial charge >= 0.3 is 0 Å². The Hall–Kier alpha value is -1.28. The first-order valence-corrected chi connectivity index (χ1v) is 9.03. The molecule has 1 amide bonds. The summed E-state index contributed by atoms with van der Waals surface area (Å²) in [6, 6.07) is 11.6. The van der Waals surface area contributed by atoms with Crippen LogP contribution in [-0.2, 0) is 4.74 Å². The highest BCUT2D eigenvalue weighted by Crippen LogP contribution is 2.31. The smallest absolute Gasteiger partial charge is 0.270 e. The van der Waals surface area contributed by atoms with E-state index in [1.807, 2.05) is 36.4 Å². The van der Waals surface area contributed by atoms with Crippen LogP contribution in [0.5, 0.6) is 0 Å². The van der Waals surface area contributed by atoms with E-state index in [0.717, 1.165) is 14.0 Å². The van der Waals surface area contributed by atoms with Crippen molar-refractivity contribution in [3.8, 4) is 0 Å². The van der Waals surface area contributed by atoms with Gasteiger partial charge in [0, 0.05) is 7.11 Å². The number of ether oxygens (including phenoxy) is 1. The third-order valence-corrected chi connectivity index (χ3v) is 5.73. The van der Waals surface area contributed by atoms with Crippen molar-refractivity contribution in [2.24, 2.45) is 0 Å². The summed E-state index contributed by atoms with van der Waals surface area (Å²) < 4.78 is 7.14. The highest BCUT2D eigenvalue weighted by atomic mass is 79.9. The standard InChI is InChI=1S/C15H13BrN2O2S2/c1-20-9-8-18(14(19)12-6-7-13(16)21-12)15-17-10-4-2-3-5-11(10)22-15/h2-7H,8-9H2,1H3. The van der Waals surface area contributed by atoms with Gasteiger partial charge in [0.1, 0.15) is 0 Å².